The monoisotopic (exact) mass is 677 g/mol. The number of ether oxygens (including phenoxy) is 2. The van der Waals surface area contributed by atoms with Gasteiger partial charge in [0.15, 0.2) is 0 Å². The molecule has 0 bridgehead atoms. The zero-order valence-corrected chi connectivity index (χ0v) is 32.5. The first-order chi connectivity index (χ1) is 23.7. The highest BCUT2D eigenvalue weighted by Crippen LogP contribution is 2.14. The average molecular weight is 677 g/mol. The molecule has 0 aromatic heterocycles. The Morgan fingerprint density at radius 1 is 0.479 bits per heavy atom. The largest absolute Gasteiger partial charge is 0.457 e. The molecule has 0 rings (SSSR count). The Bertz CT molecular complexity index is 673. The van der Waals surface area contributed by atoms with E-state index < -0.39 is 6.10 Å². The molecule has 0 aliphatic rings. The minimum Gasteiger partial charge on any atom is -0.457 e. The van der Waals surface area contributed by atoms with Crippen LogP contribution in [0.15, 0.2) is 24.3 Å². The molecule has 0 radical (unpaired) electrons. The van der Waals surface area contributed by atoms with Crippen LogP contribution in [0.5, 0.6) is 0 Å². The summed E-state index contributed by atoms with van der Waals surface area (Å²) in [4.78, 5) is 12.2. The Kier molecular flexibility index (Phi) is 41.0. The van der Waals surface area contributed by atoms with Crippen LogP contribution in [0, 0.1) is 0 Å². The summed E-state index contributed by atoms with van der Waals surface area (Å²) in [5.41, 5.74) is 0. The van der Waals surface area contributed by atoms with E-state index >= 15 is 0 Å². The molecular formula is C44H84O4. The van der Waals surface area contributed by atoms with Crippen molar-refractivity contribution in [1.29, 1.82) is 0 Å². The van der Waals surface area contributed by atoms with Crippen molar-refractivity contribution >= 4 is 5.97 Å². The summed E-state index contributed by atoms with van der Waals surface area (Å²) in [6.45, 7) is 5.35. The number of allylic oxidation sites excluding steroid dienone is 4. The Morgan fingerprint density at radius 2 is 0.812 bits per heavy atom. The number of aliphatic hydroxyl groups excluding tert-OH is 1. The van der Waals surface area contributed by atoms with Gasteiger partial charge in [-0.25, -0.2) is 0 Å². The molecule has 284 valence electrons. The van der Waals surface area contributed by atoms with Crippen LogP contribution in [-0.2, 0) is 14.3 Å². The van der Waals surface area contributed by atoms with Crippen molar-refractivity contribution in [3.8, 4) is 0 Å². The summed E-state index contributed by atoms with van der Waals surface area (Å²) >= 11 is 0. The summed E-state index contributed by atoms with van der Waals surface area (Å²) < 4.78 is 11.1. The fraction of sp³-hybridized carbons (Fsp3) is 0.886. The quantitative estimate of drug-likeness (QED) is 0.0399. The number of esters is 1. The lowest BCUT2D eigenvalue weighted by atomic mass is 10.1. The number of hydrogen-bond acceptors (Lipinski definition) is 4. The summed E-state index contributed by atoms with van der Waals surface area (Å²) in [7, 11) is 0. The third-order valence-corrected chi connectivity index (χ3v) is 9.50. The number of rotatable bonds is 40. The fourth-order valence-electron chi connectivity index (χ4n) is 6.26. The Morgan fingerprint density at radius 3 is 1.19 bits per heavy atom. The van der Waals surface area contributed by atoms with Crippen molar-refractivity contribution in [1.82, 2.24) is 0 Å². The molecule has 0 aromatic carbocycles. The molecule has 0 saturated heterocycles. The Labute approximate surface area is 300 Å². The maximum absolute atomic E-state index is 12.2. The second-order valence-corrected chi connectivity index (χ2v) is 14.4. The van der Waals surface area contributed by atoms with E-state index in [4.69, 9.17) is 9.47 Å². The molecule has 0 aromatic rings. The number of aliphatic hydroxyl groups is 1. The molecule has 4 heteroatoms. The van der Waals surface area contributed by atoms with E-state index in [0.717, 1.165) is 19.3 Å². The molecule has 0 saturated carbocycles. The third kappa shape index (κ3) is 39.3. The normalized spacial score (nSPS) is 12.5. The van der Waals surface area contributed by atoms with Crippen LogP contribution < -0.4 is 0 Å². The summed E-state index contributed by atoms with van der Waals surface area (Å²) in [6, 6.07) is 0. The van der Waals surface area contributed by atoms with Crippen LogP contribution in [0.25, 0.3) is 0 Å². The molecule has 1 unspecified atom stereocenters. The molecule has 1 atom stereocenters. The molecule has 0 heterocycles. The number of unbranched alkanes of at least 4 members (excludes halogenated alkanes) is 28. The third-order valence-electron chi connectivity index (χ3n) is 9.50. The average Bonchev–Trinajstić information content (AvgIpc) is 3.09. The van der Waals surface area contributed by atoms with Crippen LogP contribution in [0.1, 0.15) is 226 Å². The van der Waals surface area contributed by atoms with Gasteiger partial charge in [0.1, 0.15) is 6.10 Å². The van der Waals surface area contributed by atoms with Gasteiger partial charge in [-0.1, -0.05) is 179 Å². The second kappa shape index (κ2) is 42.0. The zero-order chi connectivity index (χ0) is 34.9. The predicted octanol–water partition coefficient (Wildman–Crippen LogP) is 13.9. The summed E-state index contributed by atoms with van der Waals surface area (Å²) in [5.74, 6) is -0.208. The van der Waals surface area contributed by atoms with E-state index in [1.807, 2.05) is 0 Å². The lowest BCUT2D eigenvalue weighted by Crippen LogP contribution is -2.27. The Balaban J connectivity index is 3.39. The minimum absolute atomic E-state index is 0.173. The van der Waals surface area contributed by atoms with Gasteiger partial charge in [0.05, 0.1) is 13.2 Å². The predicted molar refractivity (Wildman–Crippen MR) is 210 cm³/mol. The van der Waals surface area contributed by atoms with Gasteiger partial charge in [0.2, 0.25) is 0 Å². The van der Waals surface area contributed by atoms with E-state index in [2.05, 4.69) is 38.2 Å². The number of carbonyl (C=O) groups excluding carboxylic acids is 1. The van der Waals surface area contributed by atoms with Crippen molar-refractivity contribution in [2.45, 2.75) is 232 Å². The zero-order valence-electron chi connectivity index (χ0n) is 32.5. The molecule has 0 fully saturated rings. The van der Waals surface area contributed by atoms with E-state index in [-0.39, 0.29) is 12.6 Å². The van der Waals surface area contributed by atoms with Crippen LogP contribution in [0.4, 0.5) is 0 Å². The van der Waals surface area contributed by atoms with E-state index in [0.29, 0.717) is 19.6 Å². The highest BCUT2D eigenvalue weighted by Gasteiger charge is 2.13. The van der Waals surface area contributed by atoms with E-state index in [1.165, 1.54) is 186 Å². The molecule has 1 N–H and O–H groups in total. The molecule has 48 heavy (non-hydrogen) atoms. The first-order valence-corrected chi connectivity index (χ1v) is 21.4. The SMILES string of the molecule is CCCCCCC/C=C\CCCCCCCC(=O)OC(CO)COCCCCCCCCCCCC/C=C\CCCCCCCCCC. The van der Waals surface area contributed by atoms with Gasteiger partial charge < -0.3 is 14.6 Å². The Hall–Kier alpha value is -1.13. The van der Waals surface area contributed by atoms with Gasteiger partial charge in [-0.15, -0.1) is 0 Å². The standard InChI is InChI=1S/C44H84O4/c1-3-5-7-9-11-13-15-17-19-20-21-22-23-24-25-26-28-30-32-34-36-38-40-47-42-43(41-45)48-44(46)39-37-35-33-31-29-27-18-16-14-12-10-8-6-4-2/h16,18,20-21,43,45H,3-15,17,19,22-42H2,1-2H3/b18-16-,21-20-. The van der Waals surface area contributed by atoms with Crippen molar-refractivity contribution in [3.63, 3.8) is 0 Å². The molecule has 0 aliphatic carbocycles. The van der Waals surface area contributed by atoms with Gasteiger partial charge in [0, 0.05) is 13.0 Å². The highest BCUT2D eigenvalue weighted by molar-refractivity contribution is 5.69. The fourth-order valence-corrected chi connectivity index (χ4v) is 6.26. The van der Waals surface area contributed by atoms with Crippen molar-refractivity contribution < 1.29 is 19.4 Å². The van der Waals surface area contributed by atoms with Gasteiger partial charge in [-0.05, 0) is 64.2 Å². The van der Waals surface area contributed by atoms with Crippen molar-refractivity contribution in [2.24, 2.45) is 0 Å². The number of carbonyl (C=O) groups is 1. The maximum atomic E-state index is 12.2. The highest BCUT2D eigenvalue weighted by atomic mass is 16.6. The van der Waals surface area contributed by atoms with Crippen LogP contribution in [0.2, 0.25) is 0 Å². The summed E-state index contributed by atoms with van der Waals surface area (Å²) in [6.07, 6.45) is 51.0. The van der Waals surface area contributed by atoms with Gasteiger partial charge in [0.25, 0.3) is 0 Å². The molecule has 0 amide bonds. The topological polar surface area (TPSA) is 55.8 Å². The molecular weight excluding hydrogens is 592 g/mol. The maximum Gasteiger partial charge on any atom is 0.306 e. The molecule has 4 nitrogen and oxygen atoms in total. The second-order valence-electron chi connectivity index (χ2n) is 14.4. The van der Waals surface area contributed by atoms with Gasteiger partial charge in [-0.3, -0.25) is 4.79 Å². The minimum atomic E-state index is -0.535. The number of hydrogen-bond donors (Lipinski definition) is 1. The summed E-state index contributed by atoms with van der Waals surface area (Å²) in [5, 5.41) is 9.59. The van der Waals surface area contributed by atoms with E-state index in [9.17, 15) is 9.90 Å². The van der Waals surface area contributed by atoms with Crippen LogP contribution >= 0.6 is 0 Å². The molecule has 0 aliphatic heterocycles. The van der Waals surface area contributed by atoms with Gasteiger partial charge >= 0.3 is 5.97 Å². The first kappa shape index (κ1) is 46.9. The van der Waals surface area contributed by atoms with Gasteiger partial charge in [-0.2, -0.15) is 0 Å². The smallest absolute Gasteiger partial charge is 0.306 e. The lowest BCUT2D eigenvalue weighted by molar-refractivity contribution is -0.154. The van der Waals surface area contributed by atoms with E-state index in [1.54, 1.807) is 0 Å². The van der Waals surface area contributed by atoms with Crippen molar-refractivity contribution in [2.75, 3.05) is 19.8 Å². The van der Waals surface area contributed by atoms with Crippen molar-refractivity contribution in [3.05, 3.63) is 24.3 Å². The first-order valence-electron chi connectivity index (χ1n) is 21.4. The van der Waals surface area contributed by atoms with Crippen LogP contribution in [-0.4, -0.2) is 37.0 Å². The molecule has 0 spiro atoms. The lowest BCUT2D eigenvalue weighted by Gasteiger charge is -2.15. The van der Waals surface area contributed by atoms with Crippen LogP contribution in [0.3, 0.4) is 0 Å².